The monoisotopic (exact) mass is 237 g/mol. The van der Waals surface area contributed by atoms with Crippen molar-refractivity contribution >= 4 is 5.97 Å². The number of nitrogens with one attached hydrogen (secondary N) is 1. The van der Waals surface area contributed by atoms with Crippen LogP contribution in [0.2, 0.25) is 0 Å². The maximum atomic E-state index is 11.5. The van der Waals surface area contributed by atoms with Crippen molar-refractivity contribution in [2.45, 2.75) is 51.0 Å². The Hall–Kier alpha value is -0.570. The largest absolute Gasteiger partial charge is 0.465 e. The molecule has 4 bridgehead atoms. The summed E-state index contributed by atoms with van der Waals surface area (Å²) in [6, 6.07) is 0. The van der Waals surface area contributed by atoms with Crippen molar-refractivity contribution in [3.8, 4) is 0 Å². The van der Waals surface area contributed by atoms with Crippen molar-refractivity contribution in [2.24, 2.45) is 17.8 Å². The Labute approximate surface area is 103 Å². The Kier molecular flexibility index (Phi) is 2.89. The third-order valence-electron chi connectivity index (χ3n) is 4.95. The molecular formula is C14H23NO2. The zero-order valence-corrected chi connectivity index (χ0v) is 10.7. The number of carbonyl (C=O) groups is 1. The first-order valence-electron chi connectivity index (χ1n) is 7.10. The molecule has 0 atom stereocenters. The maximum absolute atomic E-state index is 11.5. The molecule has 0 aliphatic heterocycles. The molecule has 3 heteroatoms. The molecule has 1 N–H and O–H groups in total. The van der Waals surface area contributed by atoms with E-state index in [0.717, 1.165) is 17.8 Å². The number of carbonyl (C=O) groups excluding carboxylic acids is 1. The number of hydrogen-bond acceptors (Lipinski definition) is 3. The highest BCUT2D eigenvalue weighted by atomic mass is 16.5. The van der Waals surface area contributed by atoms with Crippen LogP contribution in [0.4, 0.5) is 0 Å². The molecule has 0 radical (unpaired) electrons. The molecule has 0 heterocycles. The van der Waals surface area contributed by atoms with Crippen molar-refractivity contribution in [2.75, 3.05) is 13.2 Å². The van der Waals surface area contributed by atoms with E-state index in [4.69, 9.17) is 4.74 Å². The lowest BCUT2D eigenvalue weighted by molar-refractivity contribution is -0.143. The van der Waals surface area contributed by atoms with E-state index < -0.39 is 0 Å². The molecule has 0 aromatic heterocycles. The van der Waals surface area contributed by atoms with Gasteiger partial charge in [0, 0.05) is 5.54 Å². The van der Waals surface area contributed by atoms with Crippen LogP contribution in [-0.2, 0) is 9.53 Å². The predicted octanol–water partition coefficient (Wildman–Crippen LogP) is 2.11. The van der Waals surface area contributed by atoms with Gasteiger partial charge in [-0.3, -0.25) is 4.79 Å². The second kappa shape index (κ2) is 4.27. The van der Waals surface area contributed by atoms with E-state index >= 15 is 0 Å². The number of esters is 1. The fraction of sp³-hybridized carbons (Fsp3) is 0.929. The summed E-state index contributed by atoms with van der Waals surface area (Å²) in [5.74, 6) is 2.69. The average molecular weight is 237 g/mol. The summed E-state index contributed by atoms with van der Waals surface area (Å²) < 4.78 is 5.00. The second-order valence-electron chi connectivity index (χ2n) is 6.36. The van der Waals surface area contributed by atoms with Gasteiger partial charge in [0.05, 0.1) is 13.2 Å². The Morgan fingerprint density at radius 1 is 1.18 bits per heavy atom. The van der Waals surface area contributed by atoms with Gasteiger partial charge in [-0.25, -0.2) is 0 Å². The Morgan fingerprint density at radius 3 is 2.18 bits per heavy atom. The van der Waals surface area contributed by atoms with Gasteiger partial charge in [0.1, 0.15) is 0 Å². The van der Waals surface area contributed by atoms with Crippen molar-refractivity contribution in [3.63, 3.8) is 0 Å². The summed E-state index contributed by atoms with van der Waals surface area (Å²) in [4.78, 5) is 11.5. The number of hydrogen-bond donors (Lipinski definition) is 1. The Balaban J connectivity index is 1.60. The van der Waals surface area contributed by atoms with E-state index in [1.54, 1.807) is 0 Å². The first kappa shape index (κ1) is 11.5. The fourth-order valence-corrected chi connectivity index (χ4v) is 4.80. The van der Waals surface area contributed by atoms with Crippen LogP contribution in [0, 0.1) is 17.8 Å². The predicted molar refractivity (Wildman–Crippen MR) is 65.5 cm³/mol. The molecule has 4 rings (SSSR count). The van der Waals surface area contributed by atoms with E-state index in [1.165, 1.54) is 38.5 Å². The van der Waals surface area contributed by atoms with Crippen LogP contribution in [0.25, 0.3) is 0 Å². The van der Waals surface area contributed by atoms with Crippen LogP contribution in [0.15, 0.2) is 0 Å². The van der Waals surface area contributed by atoms with Gasteiger partial charge in [-0.15, -0.1) is 0 Å². The first-order valence-corrected chi connectivity index (χ1v) is 7.10. The van der Waals surface area contributed by atoms with Gasteiger partial charge < -0.3 is 10.1 Å². The summed E-state index contributed by atoms with van der Waals surface area (Å²) in [7, 11) is 0. The molecular weight excluding hydrogens is 214 g/mol. The average Bonchev–Trinajstić information content (AvgIpc) is 2.25. The van der Waals surface area contributed by atoms with Crippen LogP contribution >= 0.6 is 0 Å². The van der Waals surface area contributed by atoms with E-state index in [1.807, 2.05) is 6.92 Å². The standard InChI is InChI=1S/C14H23NO2/c1-2-17-13(16)9-15-14-6-10-3-11(7-14)5-12(4-10)8-14/h10-12,15H,2-9H2,1H3. The lowest BCUT2D eigenvalue weighted by Crippen LogP contribution is -2.59. The summed E-state index contributed by atoms with van der Waals surface area (Å²) in [6.07, 6.45) is 8.20. The molecule has 0 aromatic rings. The molecule has 17 heavy (non-hydrogen) atoms. The summed E-state index contributed by atoms with van der Waals surface area (Å²) >= 11 is 0. The second-order valence-corrected chi connectivity index (χ2v) is 6.36. The summed E-state index contributed by atoms with van der Waals surface area (Å²) in [6.45, 7) is 2.75. The lowest BCUT2D eigenvalue weighted by atomic mass is 9.53. The zero-order chi connectivity index (χ0) is 11.9. The van der Waals surface area contributed by atoms with Gasteiger partial charge in [-0.2, -0.15) is 0 Å². The molecule has 4 fully saturated rings. The van der Waals surface area contributed by atoms with Crippen LogP contribution in [-0.4, -0.2) is 24.7 Å². The van der Waals surface area contributed by atoms with Crippen LogP contribution in [0.5, 0.6) is 0 Å². The summed E-state index contributed by atoms with van der Waals surface area (Å²) in [5, 5.41) is 3.54. The normalized spacial score (nSPS) is 42.8. The van der Waals surface area contributed by atoms with Crippen molar-refractivity contribution < 1.29 is 9.53 Å². The molecule has 4 aliphatic rings. The molecule has 0 unspecified atom stereocenters. The fourth-order valence-electron chi connectivity index (χ4n) is 4.80. The molecule has 4 aliphatic carbocycles. The molecule has 4 saturated carbocycles. The van der Waals surface area contributed by atoms with Crippen molar-refractivity contribution in [1.82, 2.24) is 5.32 Å². The van der Waals surface area contributed by atoms with E-state index in [-0.39, 0.29) is 11.5 Å². The third-order valence-corrected chi connectivity index (χ3v) is 4.95. The van der Waals surface area contributed by atoms with Crippen LogP contribution in [0.3, 0.4) is 0 Å². The molecule has 0 aromatic carbocycles. The highest BCUT2D eigenvalue weighted by Crippen LogP contribution is 2.55. The minimum atomic E-state index is -0.0942. The van der Waals surface area contributed by atoms with E-state index in [2.05, 4.69) is 5.32 Å². The van der Waals surface area contributed by atoms with Gasteiger partial charge in [0.2, 0.25) is 0 Å². The zero-order valence-electron chi connectivity index (χ0n) is 10.7. The number of ether oxygens (including phenoxy) is 1. The molecule has 3 nitrogen and oxygen atoms in total. The minimum Gasteiger partial charge on any atom is -0.465 e. The van der Waals surface area contributed by atoms with E-state index in [0.29, 0.717) is 13.2 Å². The summed E-state index contributed by atoms with van der Waals surface area (Å²) in [5.41, 5.74) is 0.279. The Bertz CT molecular complexity index is 278. The third kappa shape index (κ3) is 2.22. The first-order chi connectivity index (χ1) is 8.19. The van der Waals surface area contributed by atoms with Crippen molar-refractivity contribution in [3.05, 3.63) is 0 Å². The molecule has 0 spiro atoms. The molecule has 0 amide bonds. The molecule has 0 saturated heterocycles. The van der Waals surface area contributed by atoms with Crippen LogP contribution < -0.4 is 5.32 Å². The quantitative estimate of drug-likeness (QED) is 0.761. The van der Waals surface area contributed by atoms with Crippen molar-refractivity contribution in [1.29, 1.82) is 0 Å². The molecule has 96 valence electrons. The van der Waals surface area contributed by atoms with E-state index in [9.17, 15) is 4.79 Å². The van der Waals surface area contributed by atoms with Gasteiger partial charge in [0.15, 0.2) is 0 Å². The highest BCUT2D eigenvalue weighted by Gasteiger charge is 2.50. The van der Waals surface area contributed by atoms with Gasteiger partial charge in [0.25, 0.3) is 0 Å². The van der Waals surface area contributed by atoms with Gasteiger partial charge >= 0.3 is 5.97 Å². The van der Waals surface area contributed by atoms with Gasteiger partial charge in [-0.05, 0) is 63.2 Å². The Morgan fingerprint density at radius 2 is 1.71 bits per heavy atom. The topological polar surface area (TPSA) is 38.3 Å². The number of rotatable bonds is 4. The van der Waals surface area contributed by atoms with Gasteiger partial charge in [-0.1, -0.05) is 0 Å². The lowest BCUT2D eigenvalue weighted by Gasteiger charge is -2.57. The SMILES string of the molecule is CCOC(=O)CNC12CC3CC(CC(C3)C1)C2. The highest BCUT2D eigenvalue weighted by molar-refractivity contribution is 5.71. The minimum absolute atomic E-state index is 0.0942. The maximum Gasteiger partial charge on any atom is 0.319 e. The smallest absolute Gasteiger partial charge is 0.319 e. The van der Waals surface area contributed by atoms with Crippen LogP contribution in [0.1, 0.15) is 45.4 Å².